The number of halogens is 1. The second kappa shape index (κ2) is 5.44. The quantitative estimate of drug-likeness (QED) is 0.838. The first-order valence-electron chi connectivity index (χ1n) is 4.27. The van der Waals surface area contributed by atoms with Crippen molar-refractivity contribution in [3.63, 3.8) is 0 Å². The molecule has 0 saturated carbocycles. The number of Topliss-reactive ketones (excluding diaryl/α,β-unsaturated/α-hetero) is 1. The molecule has 76 valence electrons. The molecule has 0 aliphatic rings. The van der Waals surface area contributed by atoms with Gasteiger partial charge in [-0.25, -0.2) is 0 Å². The third-order valence-electron chi connectivity index (χ3n) is 1.81. The summed E-state index contributed by atoms with van der Waals surface area (Å²) in [5.41, 5.74) is 5.65. The first kappa shape index (κ1) is 11.6. The maximum atomic E-state index is 11.5. The first-order chi connectivity index (χ1) is 6.63. The molecule has 1 rings (SSSR count). The van der Waals surface area contributed by atoms with Gasteiger partial charge in [0.2, 0.25) is 0 Å². The van der Waals surface area contributed by atoms with E-state index >= 15 is 0 Å². The number of carbonyl (C=O) groups excluding carboxylic acids is 1. The van der Waals surface area contributed by atoms with Crippen molar-refractivity contribution >= 4 is 33.0 Å². The van der Waals surface area contributed by atoms with Crippen molar-refractivity contribution < 1.29 is 4.79 Å². The van der Waals surface area contributed by atoms with Gasteiger partial charge in [0, 0.05) is 11.3 Å². The van der Waals surface area contributed by atoms with E-state index in [4.69, 9.17) is 5.73 Å². The third-order valence-corrected chi connectivity index (χ3v) is 3.44. The predicted octanol–water partition coefficient (Wildman–Crippen LogP) is 2.53. The van der Waals surface area contributed by atoms with Gasteiger partial charge in [-0.15, -0.1) is 17.9 Å². The first-order valence-corrected chi connectivity index (χ1v) is 5.88. The summed E-state index contributed by atoms with van der Waals surface area (Å²) in [5, 5.41) is 0. The summed E-state index contributed by atoms with van der Waals surface area (Å²) in [6.07, 6.45) is 2.64. The van der Waals surface area contributed by atoms with Gasteiger partial charge < -0.3 is 5.73 Å². The summed E-state index contributed by atoms with van der Waals surface area (Å²) >= 11 is 4.92. The van der Waals surface area contributed by atoms with Gasteiger partial charge in [-0.3, -0.25) is 4.79 Å². The van der Waals surface area contributed by atoms with Crippen molar-refractivity contribution in [2.45, 2.75) is 18.9 Å². The van der Waals surface area contributed by atoms with Gasteiger partial charge in [-0.05, 0) is 34.5 Å². The molecular formula is C10H12BrNOS. The monoisotopic (exact) mass is 273 g/mol. The molecule has 1 heterocycles. The number of ketones is 1. The lowest BCUT2D eigenvalue weighted by atomic mass is 10.1. The minimum Gasteiger partial charge on any atom is -0.321 e. The lowest BCUT2D eigenvalue weighted by Gasteiger charge is -2.05. The molecule has 0 saturated heterocycles. The molecule has 1 aromatic rings. The van der Waals surface area contributed by atoms with Crippen LogP contribution in [0.3, 0.4) is 0 Å². The molecule has 0 aliphatic carbocycles. The van der Waals surface area contributed by atoms with Gasteiger partial charge >= 0.3 is 0 Å². The molecule has 1 aromatic heterocycles. The summed E-state index contributed by atoms with van der Waals surface area (Å²) < 4.78 is 1.04. The van der Waals surface area contributed by atoms with Crippen LogP contribution >= 0.6 is 27.3 Å². The molecule has 0 aliphatic heterocycles. The Kier molecular flexibility index (Phi) is 4.51. The molecule has 4 heteroatoms. The SMILES string of the molecule is C=CCC(N)C(=O)Cc1ccc(Br)s1. The number of hydrogen-bond donors (Lipinski definition) is 1. The van der Waals surface area contributed by atoms with Crippen molar-refractivity contribution in [2.24, 2.45) is 5.73 Å². The van der Waals surface area contributed by atoms with E-state index < -0.39 is 6.04 Å². The summed E-state index contributed by atoms with van der Waals surface area (Å²) in [7, 11) is 0. The lowest BCUT2D eigenvalue weighted by molar-refractivity contribution is -0.119. The van der Waals surface area contributed by atoms with Crippen molar-refractivity contribution in [1.82, 2.24) is 0 Å². The molecule has 2 N–H and O–H groups in total. The van der Waals surface area contributed by atoms with Crippen molar-refractivity contribution in [1.29, 1.82) is 0 Å². The lowest BCUT2D eigenvalue weighted by Crippen LogP contribution is -2.30. The number of nitrogens with two attached hydrogens (primary N) is 1. The van der Waals surface area contributed by atoms with E-state index in [0.717, 1.165) is 8.66 Å². The minimum absolute atomic E-state index is 0.0688. The standard InChI is InChI=1S/C10H12BrNOS/c1-2-3-8(12)9(13)6-7-4-5-10(11)14-7/h2,4-5,8H,1,3,6,12H2. The van der Waals surface area contributed by atoms with E-state index in [1.807, 2.05) is 12.1 Å². The fourth-order valence-electron chi connectivity index (χ4n) is 1.06. The van der Waals surface area contributed by atoms with Crippen LogP contribution in [0.1, 0.15) is 11.3 Å². The number of rotatable bonds is 5. The topological polar surface area (TPSA) is 43.1 Å². The van der Waals surface area contributed by atoms with Crippen molar-refractivity contribution in [3.05, 3.63) is 33.5 Å². The fraction of sp³-hybridized carbons (Fsp3) is 0.300. The summed E-state index contributed by atoms with van der Waals surface area (Å²) in [5.74, 6) is 0.0688. The molecule has 14 heavy (non-hydrogen) atoms. The summed E-state index contributed by atoms with van der Waals surface area (Å²) in [6, 6.07) is 3.47. The highest BCUT2D eigenvalue weighted by Crippen LogP contribution is 2.22. The largest absolute Gasteiger partial charge is 0.321 e. The number of hydrogen-bond acceptors (Lipinski definition) is 3. The molecule has 0 radical (unpaired) electrons. The van der Waals surface area contributed by atoms with Crippen LogP contribution in [0, 0.1) is 0 Å². The molecule has 0 spiro atoms. The highest BCUT2D eigenvalue weighted by molar-refractivity contribution is 9.11. The fourth-order valence-corrected chi connectivity index (χ4v) is 2.55. The Morgan fingerprint density at radius 1 is 1.71 bits per heavy atom. The van der Waals surface area contributed by atoms with E-state index in [-0.39, 0.29) is 5.78 Å². The van der Waals surface area contributed by atoms with E-state index in [0.29, 0.717) is 12.8 Å². The molecule has 2 nitrogen and oxygen atoms in total. The van der Waals surface area contributed by atoms with Gasteiger partial charge in [0.1, 0.15) is 0 Å². The van der Waals surface area contributed by atoms with Crippen molar-refractivity contribution in [3.8, 4) is 0 Å². The maximum absolute atomic E-state index is 11.5. The molecule has 0 amide bonds. The molecule has 1 unspecified atom stereocenters. The normalized spacial score (nSPS) is 12.4. The Balaban J connectivity index is 2.52. The maximum Gasteiger partial charge on any atom is 0.155 e. The molecular weight excluding hydrogens is 262 g/mol. The average Bonchev–Trinajstić information content (AvgIpc) is 2.51. The van der Waals surface area contributed by atoms with Crippen LogP contribution in [0.2, 0.25) is 0 Å². The Morgan fingerprint density at radius 3 is 2.93 bits per heavy atom. The predicted molar refractivity (Wildman–Crippen MR) is 63.5 cm³/mol. The zero-order chi connectivity index (χ0) is 10.6. The van der Waals surface area contributed by atoms with Crippen LogP contribution in [0.4, 0.5) is 0 Å². The smallest absolute Gasteiger partial charge is 0.155 e. The second-order valence-corrected chi connectivity index (χ2v) is 5.53. The Bertz CT molecular complexity index is 335. The Hall–Kier alpha value is -0.450. The van der Waals surface area contributed by atoms with Crippen LogP contribution < -0.4 is 5.73 Å². The summed E-state index contributed by atoms with van der Waals surface area (Å²) in [6.45, 7) is 3.56. The zero-order valence-corrected chi connectivity index (χ0v) is 10.1. The molecule has 0 bridgehead atoms. The van der Waals surface area contributed by atoms with Crippen LogP contribution in [0.25, 0.3) is 0 Å². The van der Waals surface area contributed by atoms with E-state index in [9.17, 15) is 4.79 Å². The van der Waals surface area contributed by atoms with Gasteiger partial charge in [0.05, 0.1) is 9.83 Å². The van der Waals surface area contributed by atoms with Crippen LogP contribution in [-0.2, 0) is 11.2 Å². The molecule has 0 fully saturated rings. The Morgan fingerprint density at radius 2 is 2.43 bits per heavy atom. The van der Waals surface area contributed by atoms with E-state index in [1.54, 1.807) is 17.4 Å². The Labute approximate surface area is 95.9 Å². The van der Waals surface area contributed by atoms with Crippen LogP contribution in [-0.4, -0.2) is 11.8 Å². The second-order valence-electron chi connectivity index (χ2n) is 2.98. The highest BCUT2D eigenvalue weighted by Gasteiger charge is 2.13. The van der Waals surface area contributed by atoms with Crippen LogP contribution in [0.15, 0.2) is 28.6 Å². The van der Waals surface area contributed by atoms with Gasteiger partial charge in [0.15, 0.2) is 5.78 Å². The van der Waals surface area contributed by atoms with Crippen LogP contribution in [0.5, 0.6) is 0 Å². The zero-order valence-electron chi connectivity index (χ0n) is 7.70. The number of thiophene rings is 1. The van der Waals surface area contributed by atoms with Gasteiger partial charge in [0.25, 0.3) is 0 Å². The summed E-state index contributed by atoms with van der Waals surface area (Å²) in [4.78, 5) is 12.6. The van der Waals surface area contributed by atoms with E-state index in [1.165, 1.54) is 0 Å². The number of carbonyl (C=O) groups is 1. The third kappa shape index (κ3) is 3.36. The molecule has 1 atom stereocenters. The minimum atomic E-state index is -0.409. The van der Waals surface area contributed by atoms with Gasteiger partial charge in [-0.1, -0.05) is 6.08 Å². The van der Waals surface area contributed by atoms with Crippen molar-refractivity contribution in [2.75, 3.05) is 0 Å². The van der Waals surface area contributed by atoms with Gasteiger partial charge in [-0.2, -0.15) is 0 Å². The highest BCUT2D eigenvalue weighted by atomic mass is 79.9. The van der Waals surface area contributed by atoms with E-state index in [2.05, 4.69) is 22.5 Å². The average molecular weight is 274 g/mol. The molecule has 0 aromatic carbocycles.